The average Bonchev–Trinajstić information content (AvgIpc) is 2.51. The van der Waals surface area contributed by atoms with Crippen LogP contribution in [-0.2, 0) is 6.42 Å². The molecule has 100 valence electrons. The number of hydrogen-bond donors (Lipinski definition) is 2. The summed E-state index contributed by atoms with van der Waals surface area (Å²) < 4.78 is 11.2. The fraction of sp³-hybridized carbons (Fsp3) is 0.571. The van der Waals surface area contributed by atoms with Crippen molar-refractivity contribution in [3.8, 4) is 17.2 Å². The molecule has 0 spiro atoms. The van der Waals surface area contributed by atoms with E-state index < -0.39 is 5.79 Å². The zero-order valence-corrected chi connectivity index (χ0v) is 11.1. The van der Waals surface area contributed by atoms with Crippen LogP contribution in [0.2, 0.25) is 0 Å². The maximum absolute atomic E-state index is 9.91. The molecule has 1 atom stereocenters. The van der Waals surface area contributed by atoms with Crippen LogP contribution in [0.1, 0.15) is 39.2 Å². The first-order chi connectivity index (χ1) is 8.37. The standard InChI is InChI=1S/C14H20O4/c1-9(15)5-4-6-10-7-12-13(8-11(10)16)18-14(2,3)17-12/h7-9,15-16H,4-6H2,1-3H3/t9-/m0/s1. The first-order valence-corrected chi connectivity index (χ1v) is 6.29. The van der Waals surface area contributed by atoms with Gasteiger partial charge in [-0.1, -0.05) is 0 Å². The minimum absolute atomic E-state index is 0.223. The van der Waals surface area contributed by atoms with Gasteiger partial charge in [0.25, 0.3) is 0 Å². The monoisotopic (exact) mass is 252 g/mol. The van der Waals surface area contributed by atoms with Crippen molar-refractivity contribution < 1.29 is 19.7 Å². The van der Waals surface area contributed by atoms with E-state index in [-0.39, 0.29) is 11.9 Å². The highest BCUT2D eigenvalue weighted by atomic mass is 16.7. The third-order valence-corrected chi connectivity index (χ3v) is 2.92. The van der Waals surface area contributed by atoms with Crippen molar-refractivity contribution in [3.63, 3.8) is 0 Å². The van der Waals surface area contributed by atoms with E-state index in [2.05, 4.69) is 0 Å². The molecule has 0 aromatic heterocycles. The predicted octanol–water partition coefficient (Wildman–Crippen LogP) is 2.60. The van der Waals surface area contributed by atoms with E-state index in [1.54, 1.807) is 13.0 Å². The summed E-state index contributed by atoms with van der Waals surface area (Å²) >= 11 is 0. The van der Waals surface area contributed by atoms with Gasteiger partial charge in [-0.25, -0.2) is 0 Å². The van der Waals surface area contributed by atoms with Crippen molar-refractivity contribution in [1.82, 2.24) is 0 Å². The molecule has 0 bridgehead atoms. The maximum Gasteiger partial charge on any atom is 0.246 e. The van der Waals surface area contributed by atoms with Gasteiger partial charge in [-0.05, 0) is 37.8 Å². The van der Waals surface area contributed by atoms with Crippen LogP contribution in [0.4, 0.5) is 0 Å². The second kappa shape index (κ2) is 4.69. The number of aliphatic hydroxyl groups is 1. The molecule has 0 saturated heterocycles. The largest absolute Gasteiger partial charge is 0.508 e. The number of phenols is 1. The lowest BCUT2D eigenvalue weighted by molar-refractivity contribution is -0.0431. The molecule has 0 aliphatic carbocycles. The van der Waals surface area contributed by atoms with Crippen LogP contribution in [0.5, 0.6) is 17.2 Å². The number of aryl methyl sites for hydroxylation is 1. The van der Waals surface area contributed by atoms with Crippen molar-refractivity contribution in [2.45, 2.75) is 51.9 Å². The van der Waals surface area contributed by atoms with E-state index >= 15 is 0 Å². The molecule has 18 heavy (non-hydrogen) atoms. The fourth-order valence-electron chi connectivity index (χ4n) is 2.09. The number of aliphatic hydroxyl groups excluding tert-OH is 1. The Morgan fingerprint density at radius 1 is 1.22 bits per heavy atom. The van der Waals surface area contributed by atoms with Gasteiger partial charge in [0.1, 0.15) is 5.75 Å². The van der Waals surface area contributed by atoms with Gasteiger partial charge in [-0.2, -0.15) is 0 Å². The van der Waals surface area contributed by atoms with Crippen molar-refractivity contribution in [2.75, 3.05) is 0 Å². The summed E-state index contributed by atoms with van der Waals surface area (Å²) in [6.45, 7) is 5.43. The lowest BCUT2D eigenvalue weighted by Gasteiger charge is -2.16. The summed E-state index contributed by atoms with van der Waals surface area (Å²) in [5, 5.41) is 19.1. The van der Waals surface area contributed by atoms with Crippen molar-refractivity contribution >= 4 is 0 Å². The smallest absolute Gasteiger partial charge is 0.246 e. The summed E-state index contributed by atoms with van der Waals surface area (Å²) in [6, 6.07) is 3.42. The van der Waals surface area contributed by atoms with Gasteiger partial charge in [0.05, 0.1) is 6.10 Å². The number of fused-ring (bicyclic) bond motifs is 1. The quantitative estimate of drug-likeness (QED) is 0.864. The number of aromatic hydroxyl groups is 1. The van der Waals surface area contributed by atoms with E-state index in [1.807, 2.05) is 19.9 Å². The summed E-state index contributed by atoms with van der Waals surface area (Å²) in [5.41, 5.74) is 0.829. The third kappa shape index (κ3) is 2.88. The van der Waals surface area contributed by atoms with E-state index in [1.165, 1.54) is 0 Å². The van der Waals surface area contributed by atoms with Crippen molar-refractivity contribution in [2.24, 2.45) is 0 Å². The molecule has 1 heterocycles. The molecule has 2 rings (SSSR count). The lowest BCUT2D eigenvalue weighted by atomic mass is 10.0. The van der Waals surface area contributed by atoms with Gasteiger partial charge in [0.15, 0.2) is 11.5 Å². The van der Waals surface area contributed by atoms with Crippen LogP contribution in [-0.4, -0.2) is 22.1 Å². The molecule has 1 aliphatic rings. The molecule has 0 amide bonds. The van der Waals surface area contributed by atoms with Crippen LogP contribution in [0.25, 0.3) is 0 Å². The average molecular weight is 252 g/mol. The third-order valence-electron chi connectivity index (χ3n) is 2.92. The van der Waals surface area contributed by atoms with Gasteiger partial charge < -0.3 is 19.7 Å². The molecule has 4 nitrogen and oxygen atoms in total. The lowest BCUT2D eigenvalue weighted by Crippen LogP contribution is -2.29. The minimum atomic E-state index is -0.674. The Hall–Kier alpha value is -1.42. The first-order valence-electron chi connectivity index (χ1n) is 6.29. The number of rotatable bonds is 4. The molecule has 0 radical (unpaired) electrons. The van der Waals surface area contributed by atoms with Gasteiger partial charge in [-0.3, -0.25) is 0 Å². The van der Waals surface area contributed by atoms with Gasteiger partial charge in [0, 0.05) is 19.9 Å². The highest BCUT2D eigenvalue weighted by Crippen LogP contribution is 2.43. The highest BCUT2D eigenvalue weighted by Gasteiger charge is 2.32. The summed E-state index contributed by atoms with van der Waals surface area (Å²) in [5.74, 6) is 0.801. The molecular formula is C14H20O4. The summed E-state index contributed by atoms with van der Waals surface area (Å²) in [7, 11) is 0. The summed E-state index contributed by atoms with van der Waals surface area (Å²) in [4.78, 5) is 0. The van der Waals surface area contributed by atoms with Gasteiger partial charge >= 0.3 is 0 Å². The molecule has 2 N–H and O–H groups in total. The van der Waals surface area contributed by atoms with E-state index in [4.69, 9.17) is 9.47 Å². The zero-order chi connectivity index (χ0) is 13.3. The number of phenolic OH excluding ortho intramolecular Hbond substituents is 1. The van der Waals surface area contributed by atoms with Crippen molar-refractivity contribution in [1.29, 1.82) is 0 Å². The van der Waals surface area contributed by atoms with Crippen LogP contribution in [0, 0.1) is 0 Å². The van der Waals surface area contributed by atoms with Crippen LogP contribution >= 0.6 is 0 Å². The predicted molar refractivity (Wildman–Crippen MR) is 68.1 cm³/mol. The Morgan fingerprint density at radius 3 is 2.44 bits per heavy atom. The second-order valence-corrected chi connectivity index (χ2v) is 5.27. The van der Waals surface area contributed by atoms with Gasteiger partial charge in [0.2, 0.25) is 5.79 Å². The molecule has 0 saturated carbocycles. The maximum atomic E-state index is 9.91. The zero-order valence-electron chi connectivity index (χ0n) is 11.1. The van der Waals surface area contributed by atoms with Crippen LogP contribution < -0.4 is 9.47 Å². The molecule has 1 aliphatic heterocycles. The Labute approximate surface area is 107 Å². The number of ether oxygens (including phenoxy) is 2. The SMILES string of the molecule is C[C@H](O)CCCc1cc2c(cc1O)OC(C)(C)O2. The Bertz CT molecular complexity index is 438. The molecule has 1 aromatic rings. The Morgan fingerprint density at radius 2 is 1.83 bits per heavy atom. The minimum Gasteiger partial charge on any atom is -0.508 e. The Kier molecular flexibility index (Phi) is 3.39. The molecule has 0 unspecified atom stereocenters. The highest BCUT2D eigenvalue weighted by molar-refractivity contribution is 5.52. The number of benzene rings is 1. The second-order valence-electron chi connectivity index (χ2n) is 5.27. The Balaban J connectivity index is 2.10. The first kappa shape index (κ1) is 13.0. The van der Waals surface area contributed by atoms with Gasteiger partial charge in [-0.15, -0.1) is 0 Å². The molecular weight excluding hydrogens is 232 g/mol. The van der Waals surface area contributed by atoms with E-state index in [9.17, 15) is 10.2 Å². The molecule has 4 heteroatoms. The number of hydrogen-bond acceptors (Lipinski definition) is 4. The topological polar surface area (TPSA) is 58.9 Å². The van der Waals surface area contributed by atoms with Crippen LogP contribution in [0.15, 0.2) is 12.1 Å². The molecule has 1 aromatic carbocycles. The molecule has 0 fully saturated rings. The fourth-order valence-corrected chi connectivity index (χ4v) is 2.09. The van der Waals surface area contributed by atoms with Crippen LogP contribution in [0.3, 0.4) is 0 Å². The van der Waals surface area contributed by atoms with E-state index in [0.717, 1.165) is 18.4 Å². The van der Waals surface area contributed by atoms with E-state index in [0.29, 0.717) is 17.9 Å². The summed E-state index contributed by atoms with van der Waals surface area (Å²) in [6.07, 6.45) is 1.96. The normalized spacial score (nSPS) is 17.8. The van der Waals surface area contributed by atoms with Crippen molar-refractivity contribution in [3.05, 3.63) is 17.7 Å².